The standard InChI is InChI=1S/C17H21NO3/c1-13-11-16(7-6-15(13)5-3-4-9-19)17(20)18-8-10-21-12-14(18)2/h6-7,11,14,19H,4,8-10,12H2,1-2H3. The van der Waals surface area contributed by atoms with E-state index in [2.05, 4.69) is 11.8 Å². The van der Waals surface area contributed by atoms with Crippen LogP contribution < -0.4 is 0 Å². The van der Waals surface area contributed by atoms with E-state index < -0.39 is 0 Å². The van der Waals surface area contributed by atoms with Gasteiger partial charge >= 0.3 is 0 Å². The lowest BCUT2D eigenvalue weighted by Crippen LogP contribution is -2.47. The molecule has 4 nitrogen and oxygen atoms in total. The van der Waals surface area contributed by atoms with Crippen molar-refractivity contribution in [2.75, 3.05) is 26.4 Å². The fourth-order valence-corrected chi connectivity index (χ4v) is 2.35. The fourth-order valence-electron chi connectivity index (χ4n) is 2.35. The maximum Gasteiger partial charge on any atom is 0.254 e. The molecule has 1 fully saturated rings. The van der Waals surface area contributed by atoms with Gasteiger partial charge in [-0.1, -0.05) is 11.8 Å². The van der Waals surface area contributed by atoms with E-state index in [4.69, 9.17) is 9.84 Å². The Morgan fingerprint density at radius 3 is 3.00 bits per heavy atom. The molecule has 1 amide bonds. The first-order valence-corrected chi connectivity index (χ1v) is 7.22. The van der Waals surface area contributed by atoms with Gasteiger partial charge in [0.15, 0.2) is 0 Å². The minimum Gasteiger partial charge on any atom is -0.395 e. The van der Waals surface area contributed by atoms with Crippen molar-refractivity contribution < 1.29 is 14.6 Å². The van der Waals surface area contributed by atoms with Crippen molar-refractivity contribution in [2.24, 2.45) is 0 Å². The first-order chi connectivity index (χ1) is 10.1. The Morgan fingerprint density at radius 2 is 2.33 bits per heavy atom. The Kier molecular flexibility index (Phi) is 5.38. The third kappa shape index (κ3) is 3.84. The Bertz CT molecular complexity index is 571. The summed E-state index contributed by atoms with van der Waals surface area (Å²) in [4.78, 5) is 14.4. The van der Waals surface area contributed by atoms with Gasteiger partial charge in [0.2, 0.25) is 0 Å². The number of carbonyl (C=O) groups excluding carboxylic acids is 1. The van der Waals surface area contributed by atoms with Crippen LogP contribution >= 0.6 is 0 Å². The number of hydrogen-bond donors (Lipinski definition) is 1. The van der Waals surface area contributed by atoms with Crippen LogP contribution in [0.15, 0.2) is 18.2 Å². The van der Waals surface area contributed by atoms with E-state index in [1.165, 1.54) is 0 Å². The topological polar surface area (TPSA) is 49.8 Å². The van der Waals surface area contributed by atoms with Gasteiger partial charge in [-0.2, -0.15) is 0 Å². The van der Waals surface area contributed by atoms with Crippen LogP contribution in [0.4, 0.5) is 0 Å². The number of aliphatic hydroxyl groups excluding tert-OH is 1. The molecule has 1 saturated heterocycles. The van der Waals surface area contributed by atoms with E-state index in [0.717, 1.165) is 11.1 Å². The molecular formula is C17H21NO3. The van der Waals surface area contributed by atoms with Crippen LogP contribution in [0.1, 0.15) is 34.8 Å². The Balaban J connectivity index is 2.16. The molecule has 0 bridgehead atoms. The number of aryl methyl sites for hydroxylation is 1. The summed E-state index contributed by atoms with van der Waals surface area (Å²) in [7, 11) is 0. The minimum atomic E-state index is 0.0452. The third-order valence-electron chi connectivity index (χ3n) is 3.56. The largest absolute Gasteiger partial charge is 0.395 e. The van der Waals surface area contributed by atoms with Crippen molar-refractivity contribution in [1.29, 1.82) is 0 Å². The van der Waals surface area contributed by atoms with Gasteiger partial charge in [0.05, 0.1) is 25.9 Å². The van der Waals surface area contributed by atoms with Crippen molar-refractivity contribution in [3.63, 3.8) is 0 Å². The van der Waals surface area contributed by atoms with Crippen molar-refractivity contribution >= 4 is 5.91 Å². The number of benzene rings is 1. The molecular weight excluding hydrogens is 266 g/mol. The molecule has 0 saturated carbocycles. The molecule has 1 heterocycles. The monoisotopic (exact) mass is 287 g/mol. The van der Waals surface area contributed by atoms with Crippen molar-refractivity contribution in [3.05, 3.63) is 34.9 Å². The number of morpholine rings is 1. The highest BCUT2D eigenvalue weighted by Crippen LogP contribution is 2.15. The molecule has 1 aromatic rings. The molecule has 112 valence electrons. The number of amides is 1. The predicted octanol–water partition coefficient (Wildman–Crippen LogP) is 1.59. The lowest BCUT2D eigenvalue weighted by atomic mass is 10.0. The van der Waals surface area contributed by atoms with Crippen molar-refractivity contribution in [2.45, 2.75) is 26.3 Å². The third-order valence-corrected chi connectivity index (χ3v) is 3.56. The van der Waals surface area contributed by atoms with Gasteiger partial charge in [-0.15, -0.1) is 0 Å². The Hall–Kier alpha value is -1.83. The zero-order chi connectivity index (χ0) is 15.2. The number of ether oxygens (including phenoxy) is 1. The van der Waals surface area contributed by atoms with Gasteiger partial charge in [-0.05, 0) is 37.6 Å². The second-order valence-corrected chi connectivity index (χ2v) is 5.23. The average Bonchev–Trinajstić information content (AvgIpc) is 2.49. The van der Waals surface area contributed by atoms with Crippen LogP contribution in [0.3, 0.4) is 0 Å². The second-order valence-electron chi connectivity index (χ2n) is 5.23. The summed E-state index contributed by atoms with van der Waals surface area (Å²) in [5.41, 5.74) is 2.57. The van der Waals surface area contributed by atoms with E-state index in [1.807, 2.05) is 36.9 Å². The molecule has 1 atom stereocenters. The molecule has 0 spiro atoms. The molecule has 4 heteroatoms. The molecule has 1 N–H and O–H groups in total. The van der Waals surface area contributed by atoms with E-state index >= 15 is 0 Å². The first-order valence-electron chi connectivity index (χ1n) is 7.22. The molecule has 0 aromatic heterocycles. The summed E-state index contributed by atoms with van der Waals surface area (Å²) < 4.78 is 5.36. The molecule has 21 heavy (non-hydrogen) atoms. The quantitative estimate of drug-likeness (QED) is 0.840. The van der Waals surface area contributed by atoms with Gasteiger partial charge in [0, 0.05) is 24.1 Å². The van der Waals surface area contributed by atoms with Crippen LogP contribution in [-0.2, 0) is 4.74 Å². The van der Waals surface area contributed by atoms with Crippen molar-refractivity contribution in [3.8, 4) is 11.8 Å². The van der Waals surface area contributed by atoms with Gasteiger partial charge in [-0.25, -0.2) is 0 Å². The lowest BCUT2D eigenvalue weighted by Gasteiger charge is -2.33. The first kappa shape index (κ1) is 15.6. The minimum absolute atomic E-state index is 0.0452. The summed E-state index contributed by atoms with van der Waals surface area (Å²) in [5.74, 6) is 5.96. The summed E-state index contributed by atoms with van der Waals surface area (Å²) >= 11 is 0. The van der Waals surface area contributed by atoms with E-state index in [0.29, 0.717) is 31.7 Å². The molecule has 0 aliphatic carbocycles. The number of hydrogen-bond acceptors (Lipinski definition) is 3. The maximum atomic E-state index is 12.5. The summed E-state index contributed by atoms with van der Waals surface area (Å²) in [6.07, 6.45) is 0.464. The zero-order valence-corrected chi connectivity index (χ0v) is 12.6. The van der Waals surface area contributed by atoms with Crippen LogP contribution in [0.2, 0.25) is 0 Å². The van der Waals surface area contributed by atoms with Gasteiger partial charge in [-0.3, -0.25) is 4.79 Å². The van der Waals surface area contributed by atoms with E-state index in [-0.39, 0.29) is 18.6 Å². The SMILES string of the molecule is Cc1cc(C(=O)N2CCOCC2C)ccc1C#CCCO. The van der Waals surface area contributed by atoms with Crippen LogP contribution in [-0.4, -0.2) is 48.3 Å². The Morgan fingerprint density at radius 1 is 1.52 bits per heavy atom. The van der Waals surface area contributed by atoms with Gasteiger partial charge in [0.1, 0.15) is 0 Å². The van der Waals surface area contributed by atoms with Gasteiger partial charge in [0.25, 0.3) is 5.91 Å². The summed E-state index contributed by atoms with van der Waals surface area (Å²) in [5, 5.41) is 8.74. The fraction of sp³-hybridized carbons (Fsp3) is 0.471. The number of carbonyl (C=O) groups is 1. The number of aliphatic hydroxyl groups is 1. The normalized spacial score (nSPS) is 18.0. The van der Waals surface area contributed by atoms with Crippen LogP contribution in [0, 0.1) is 18.8 Å². The average molecular weight is 287 g/mol. The zero-order valence-electron chi connectivity index (χ0n) is 12.6. The highest BCUT2D eigenvalue weighted by molar-refractivity contribution is 5.94. The van der Waals surface area contributed by atoms with Gasteiger partial charge < -0.3 is 14.7 Å². The van der Waals surface area contributed by atoms with Crippen LogP contribution in [0.5, 0.6) is 0 Å². The highest BCUT2D eigenvalue weighted by atomic mass is 16.5. The number of rotatable bonds is 2. The summed E-state index contributed by atoms with van der Waals surface area (Å²) in [6, 6.07) is 5.68. The van der Waals surface area contributed by atoms with E-state index in [1.54, 1.807) is 0 Å². The highest BCUT2D eigenvalue weighted by Gasteiger charge is 2.24. The smallest absolute Gasteiger partial charge is 0.254 e. The molecule has 0 radical (unpaired) electrons. The molecule has 1 unspecified atom stereocenters. The Labute approximate surface area is 125 Å². The second kappa shape index (κ2) is 7.26. The summed E-state index contributed by atoms with van der Waals surface area (Å²) in [6.45, 7) is 5.84. The van der Waals surface area contributed by atoms with Crippen LogP contribution in [0.25, 0.3) is 0 Å². The molecule has 1 aliphatic heterocycles. The van der Waals surface area contributed by atoms with E-state index in [9.17, 15) is 4.79 Å². The number of nitrogens with zero attached hydrogens (tertiary/aromatic N) is 1. The molecule has 2 rings (SSSR count). The molecule has 1 aromatic carbocycles. The van der Waals surface area contributed by atoms with Crippen molar-refractivity contribution in [1.82, 2.24) is 4.90 Å². The maximum absolute atomic E-state index is 12.5. The predicted molar refractivity (Wildman–Crippen MR) is 81.1 cm³/mol. The molecule has 1 aliphatic rings. The lowest BCUT2D eigenvalue weighted by molar-refractivity contribution is 0.00359.